The molecule has 1 N–H and O–H groups in total. The Balaban J connectivity index is 1.29. The lowest BCUT2D eigenvalue weighted by Crippen LogP contribution is -2.25. The SMILES string of the molecule is O=C(NCCc1nc2ccccc2o1)c1ccc(CN2CCCC2)o1. The van der Waals surface area contributed by atoms with Gasteiger partial charge in [0, 0.05) is 13.0 Å². The van der Waals surface area contributed by atoms with E-state index in [4.69, 9.17) is 8.83 Å². The van der Waals surface area contributed by atoms with E-state index in [-0.39, 0.29) is 5.91 Å². The third-order valence-electron chi connectivity index (χ3n) is 4.43. The average molecular weight is 339 g/mol. The van der Waals surface area contributed by atoms with Crippen LogP contribution in [0.1, 0.15) is 35.0 Å². The Bertz CT molecular complexity index is 829. The number of fused-ring (bicyclic) bond motifs is 1. The zero-order valence-electron chi connectivity index (χ0n) is 14.0. The van der Waals surface area contributed by atoms with Crippen molar-refractivity contribution in [2.24, 2.45) is 0 Å². The van der Waals surface area contributed by atoms with Gasteiger partial charge in [0.15, 0.2) is 17.2 Å². The number of para-hydroxylation sites is 2. The van der Waals surface area contributed by atoms with Crippen LogP contribution in [0.5, 0.6) is 0 Å². The van der Waals surface area contributed by atoms with Crippen LogP contribution in [0, 0.1) is 0 Å². The summed E-state index contributed by atoms with van der Waals surface area (Å²) in [4.78, 5) is 18.9. The summed E-state index contributed by atoms with van der Waals surface area (Å²) in [6.07, 6.45) is 3.02. The first-order chi connectivity index (χ1) is 12.3. The van der Waals surface area contributed by atoms with Gasteiger partial charge < -0.3 is 14.2 Å². The molecule has 0 bridgehead atoms. The Morgan fingerprint density at radius 1 is 1.12 bits per heavy atom. The molecule has 0 spiro atoms. The largest absolute Gasteiger partial charge is 0.455 e. The summed E-state index contributed by atoms with van der Waals surface area (Å²) in [5.41, 5.74) is 1.60. The van der Waals surface area contributed by atoms with Gasteiger partial charge in [0.25, 0.3) is 5.91 Å². The van der Waals surface area contributed by atoms with Crippen LogP contribution in [0.2, 0.25) is 0 Å². The van der Waals surface area contributed by atoms with Gasteiger partial charge in [0.1, 0.15) is 11.3 Å². The molecule has 3 aromatic rings. The summed E-state index contributed by atoms with van der Waals surface area (Å²) in [5.74, 6) is 1.61. The van der Waals surface area contributed by atoms with E-state index in [9.17, 15) is 4.79 Å². The molecule has 1 aliphatic rings. The van der Waals surface area contributed by atoms with Gasteiger partial charge in [0.2, 0.25) is 0 Å². The second-order valence-electron chi connectivity index (χ2n) is 6.33. The monoisotopic (exact) mass is 339 g/mol. The van der Waals surface area contributed by atoms with Crippen LogP contribution in [-0.2, 0) is 13.0 Å². The van der Waals surface area contributed by atoms with E-state index >= 15 is 0 Å². The van der Waals surface area contributed by atoms with Gasteiger partial charge >= 0.3 is 0 Å². The molecule has 3 heterocycles. The number of rotatable bonds is 6. The van der Waals surface area contributed by atoms with E-state index in [1.165, 1.54) is 12.8 Å². The van der Waals surface area contributed by atoms with E-state index in [2.05, 4.69) is 15.2 Å². The second kappa shape index (κ2) is 7.11. The zero-order valence-corrected chi connectivity index (χ0v) is 14.0. The maximum absolute atomic E-state index is 12.2. The minimum Gasteiger partial charge on any atom is -0.455 e. The van der Waals surface area contributed by atoms with E-state index in [1.807, 2.05) is 30.3 Å². The summed E-state index contributed by atoms with van der Waals surface area (Å²) in [6, 6.07) is 11.2. The molecule has 1 saturated heterocycles. The van der Waals surface area contributed by atoms with Crippen LogP contribution >= 0.6 is 0 Å². The van der Waals surface area contributed by atoms with Gasteiger partial charge in [-0.25, -0.2) is 4.98 Å². The molecule has 130 valence electrons. The zero-order chi connectivity index (χ0) is 17.1. The van der Waals surface area contributed by atoms with Crippen LogP contribution in [0.3, 0.4) is 0 Å². The summed E-state index contributed by atoms with van der Waals surface area (Å²) >= 11 is 0. The molecule has 6 nitrogen and oxygen atoms in total. The van der Waals surface area contributed by atoms with Crippen molar-refractivity contribution < 1.29 is 13.6 Å². The lowest BCUT2D eigenvalue weighted by molar-refractivity contribution is 0.0922. The molecule has 1 fully saturated rings. The molecule has 0 saturated carbocycles. The third-order valence-corrected chi connectivity index (χ3v) is 4.43. The summed E-state index contributed by atoms with van der Waals surface area (Å²) in [5, 5.41) is 2.85. The Morgan fingerprint density at radius 3 is 2.80 bits per heavy atom. The minimum absolute atomic E-state index is 0.205. The maximum atomic E-state index is 12.2. The van der Waals surface area contributed by atoms with Crippen molar-refractivity contribution in [3.8, 4) is 0 Å². The van der Waals surface area contributed by atoms with Crippen LogP contribution in [0.25, 0.3) is 11.1 Å². The number of hydrogen-bond acceptors (Lipinski definition) is 5. The fourth-order valence-corrected chi connectivity index (χ4v) is 3.14. The van der Waals surface area contributed by atoms with E-state index < -0.39 is 0 Å². The summed E-state index contributed by atoms with van der Waals surface area (Å²) < 4.78 is 11.3. The number of hydrogen-bond donors (Lipinski definition) is 1. The number of furan rings is 1. The quantitative estimate of drug-likeness (QED) is 0.747. The second-order valence-corrected chi connectivity index (χ2v) is 6.33. The molecule has 0 radical (unpaired) electrons. The first-order valence-corrected chi connectivity index (χ1v) is 8.72. The van der Waals surface area contributed by atoms with Gasteiger partial charge in [-0.2, -0.15) is 0 Å². The highest BCUT2D eigenvalue weighted by atomic mass is 16.4. The first-order valence-electron chi connectivity index (χ1n) is 8.72. The highest BCUT2D eigenvalue weighted by Crippen LogP contribution is 2.16. The van der Waals surface area contributed by atoms with Crippen molar-refractivity contribution in [1.82, 2.24) is 15.2 Å². The van der Waals surface area contributed by atoms with E-state index in [1.54, 1.807) is 6.07 Å². The molecular formula is C19H21N3O3. The van der Waals surface area contributed by atoms with Gasteiger partial charge in [-0.05, 0) is 50.2 Å². The molecule has 4 rings (SSSR count). The average Bonchev–Trinajstić information content (AvgIpc) is 3.35. The van der Waals surface area contributed by atoms with Crippen molar-refractivity contribution in [2.45, 2.75) is 25.8 Å². The predicted molar refractivity (Wildman–Crippen MR) is 93.3 cm³/mol. The van der Waals surface area contributed by atoms with E-state index in [0.29, 0.717) is 24.6 Å². The molecule has 0 aliphatic carbocycles. The minimum atomic E-state index is -0.205. The molecular weight excluding hydrogens is 318 g/mol. The number of nitrogens with zero attached hydrogens (tertiary/aromatic N) is 2. The highest BCUT2D eigenvalue weighted by molar-refractivity contribution is 5.91. The summed E-state index contributed by atoms with van der Waals surface area (Å²) in [7, 11) is 0. The van der Waals surface area contributed by atoms with Crippen LogP contribution in [-0.4, -0.2) is 35.4 Å². The molecule has 1 amide bonds. The fraction of sp³-hybridized carbons (Fsp3) is 0.368. The lowest BCUT2D eigenvalue weighted by Gasteiger charge is -2.11. The molecule has 25 heavy (non-hydrogen) atoms. The fourth-order valence-electron chi connectivity index (χ4n) is 3.14. The Morgan fingerprint density at radius 2 is 1.96 bits per heavy atom. The topological polar surface area (TPSA) is 71.5 Å². The van der Waals surface area contributed by atoms with Gasteiger partial charge in [-0.15, -0.1) is 0 Å². The van der Waals surface area contributed by atoms with Crippen molar-refractivity contribution in [1.29, 1.82) is 0 Å². The van der Waals surface area contributed by atoms with E-state index in [0.717, 1.165) is 36.5 Å². The highest BCUT2D eigenvalue weighted by Gasteiger charge is 2.16. The van der Waals surface area contributed by atoms with Crippen LogP contribution in [0.4, 0.5) is 0 Å². The molecule has 0 unspecified atom stereocenters. The van der Waals surface area contributed by atoms with Gasteiger partial charge in [0.05, 0.1) is 6.54 Å². The van der Waals surface area contributed by atoms with Crippen molar-refractivity contribution in [2.75, 3.05) is 19.6 Å². The Kier molecular flexibility index (Phi) is 4.52. The molecule has 6 heteroatoms. The molecule has 1 aliphatic heterocycles. The van der Waals surface area contributed by atoms with Gasteiger partial charge in [-0.1, -0.05) is 12.1 Å². The van der Waals surface area contributed by atoms with Crippen molar-refractivity contribution in [3.05, 3.63) is 53.8 Å². The number of nitrogens with one attached hydrogen (secondary N) is 1. The number of carbonyl (C=O) groups is 1. The van der Waals surface area contributed by atoms with Gasteiger partial charge in [-0.3, -0.25) is 9.69 Å². The number of carbonyl (C=O) groups excluding carboxylic acids is 1. The molecule has 2 aromatic heterocycles. The molecule has 0 atom stereocenters. The number of likely N-dealkylation sites (tertiary alicyclic amines) is 1. The number of benzene rings is 1. The van der Waals surface area contributed by atoms with Crippen molar-refractivity contribution >= 4 is 17.0 Å². The smallest absolute Gasteiger partial charge is 0.287 e. The van der Waals surface area contributed by atoms with Crippen LogP contribution < -0.4 is 5.32 Å². The lowest BCUT2D eigenvalue weighted by atomic mass is 10.3. The number of amides is 1. The Hall–Kier alpha value is -2.60. The third kappa shape index (κ3) is 3.74. The number of aromatic nitrogens is 1. The summed E-state index contributed by atoms with van der Waals surface area (Å²) in [6.45, 7) is 3.43. The van der Waals surface area contributed by atoms with Crippen molar-refractivity contribution in [3.63, 3.8) is 0 Å². The maximum Gasteiger partial charge on any atom is 0.287 e. The standard InChI is InChI=1S/C19H21N3O3/c23-19(17-8-7-14(24-17)13-22-11-3-4-12-22)20-10-9-18-21-15-5-1-2-6-16(15)25-18/h1-2,5-8H,3-4,9-13H2,(H,20,23). The predicted octanol–water partition coefficient (Wildman–Crippen LogP) is 2.99. The van der Waals surface area contributed by atoms with Crippen LogP contribution in [0.15, 0.2) is 45.2 Å². The molecule has 1 aromatic carbocycles. The number of oxazole rings is 1. The first kappa shape index (κ1) is 15.9. The Labute approximate surface area is 145 Å². The normalized spacial score (nSPS) is 15.0.